The summed E-state index contributed by atoms with van der Waals surface area (Å²) >= 11 is 0. The third-order valence-electron chi connectivity index (χ3n) is 1.95. The van der Waals surface area contributed by atoms with E-state index in [4.69, 9.17) is 0 Å². The predicted octanol–water partition coefficient (Wildman–Crippen LogP) is 0.492. The Labute approximate surface area is 89.7 Å². The zero-order valence-electron chi connectivity index (χ0n) is 10.7. The van der Waals surface area contributed by atoms with Gasteiger partial charge in [-0.2, -0.15) is 0 Å². The van der Waals surface area contributed by atoms with Crippen LogP contribution < -0.4 is 0 Å². The van der Waals surface area contributed by atoms with Gasteiger partial charge in [-0.25, -0.2) is 0 Å². The van der Waals surface area contributed by atoms with Crippen molar-refractivity contribution in [3.8, 4) is 0 Å². The molecule has 0 atom stereocenters. The second-order valence-electron chi connectivity index (χ2n) is 5.21. The van der Waals surface area contributed by atoms with Gasteiger partial charge in [0.15, 0.2) is 0 Å². The molecule has 0 aliphatic heterocycles. The van der Waals surface area contributed by atoms with Gasteiger partial charge in [-0.3, -0.25) is 0 Å². The number of hydrogen-bond donors (Lipinski definition) is 0. The van der Waals surface area contributed by atoms with Crippen LogP contribution in [0, 0.1) is 12.3 Å². The number of hydrogen-bond acceptors (Lipinski definition) is 3. The normalized spacial score (nSPS) is 13.3. The molecule has 0 amide bonds. The first-order chi connectivity index (χ1) is 6.25. The van der Waals surface area contributed by atoms with E-state index in [1.165, 1.54) is 0 Å². The van der Waals surface area contributed by atoms with Gasteiger partial charge in [0.05, 0.1) is 0 Å². The topological polar surface area (TPSA) is 9.72 Å². The molecule has 3 nitrogen and oxygen atoms in total. The maximum Gasteiger partial charge on any atom is 0.00843 e. The molecule has 0 bridgehead atoms. The van der Waals surface area contributed by atoms with Crippen molar-refractivity contribution in [2.75, 3.05) is 61.9 Å². The predicted molar refractivity (Wildman–Crippen MR) is 63.5 cm³/mol. The molecule has 0 aliphatic rings. The van der Waals surface area contributed by atoms with E-state index < -0.39 is 0 Å². The Hall–Kier alpha value is -0.120. The Bertz CT molecular complexity index is 126. The Balaban J connectivity index is 4.32. The molecule has 0 saturated heterocycles. The lowest BCUT2D eigenvalue weighted by Crippen LogP contribution is -2.46. The van der Waals surface area contributed by atoms with E-state index in [1.54, 1.807) is 0 Å². The summed E-state index contributed by atoms with van der Waals surface area (Å²) in [6.45, 7) is 7.42. The van der Waals surface area contributed by atoms with Crippen LogP contribution >= 0.6 is 0 Å². The van der Waals surface area contributed by atoms with E-state index in [-0.39, 0.29) is 5.41 Å². The monoisotopic (exact) mass is 200 g/mol. The fourth-order valence-electron chi connectivity index (χ4n) is 2.16. The third kappa shape index (κ3) is 6.35. The minimum atomic E-state index is 0.0938. The molecule has 0 aromatic rings. The second kappa shape index (κ2) is 5.69. The van der Waals surface area contributed by atoms with E-state index in [0.29, 0.717) is 0 Å². The summed E-state index contributed by atoms with van der Waals surface area (Å²) < 4.78 is 0. The highest BCUT2D eigenvalue weighted by Crippen LogP contribution is 2.18. The van der Waals surface area contributed by atoms with Crippen LogP contribution in [0.4, 0.5) is 0 Å². The van der Waals surface area contributed by atoms with Gasteiger partial charge in [0.25, 0.3) is 0 Å². The zero-order valence-corrected chi connectivity index (χ0v) is 10.7. The summed E-state index contributed by atoms with van der Waals surface area (Å²) in [4.78, 5) is 6.62. The first-order valence-corrected chi connectivity index (χ1v) is 5.05. The van der Waals surface area contributed by atoms with Crippen molar-refractivity contribution in [1.82, 2.24) is 14.7 Å². The average Bonchev–Trinajstić information content (AvgIpc) is 1.76. The SMILES string of the molecule is [CH2]C(CN(C)C)(CN(C)C)CN(C)C. The summed E-state index contributed by atoms with van der Waals surface area (Å²) in [6, 6.07) is 0. The van der Waals surface area contributed by atoms with Crippen LogP contribution in [0.25, 0.3) is 0 Å². The van der Waals surface area contributed by atoms with Gasteiger partial charge >= 0.3 is 0 Å². The van der Waals surface area contributed by atoms with Gasteiger partial charge in [-0.15, -0.1) is 0 Å². The lowest BCUT2D eigenvalue weighted by Gasteiger charge is -2.36. The summed E-state index contributed by atoms with van der Waals surface area (Å²) in [5.74, 6) is 0. The van der Waals surface area contributed by atoms with Crippen LogP contribution in [-0.4, -0.2) is 76.6 Å². The van der Waals surface area contributed by atoms with Gasteiger partial charge in [0.1, 0.15) is 0 Å². The highest BCUT2D eigenvalue weighted by atomic mass is 15.1. The molecular weight excluding hydrogens is 174 g/mol. The summed E-state index contributed by atoms with van der Waals surface area (Å²) in [6.07, 6.45) is 0. The van der Waals surface area contributed by atoms with E-state index in [0.717, 1.165) is 19.6 Å². The molecule has 0 heterocycles. The first-order valence-electron chi connectivity index (χ1n) is 5.05. The molecule has 0 fully saturated rings. The van der Waals surface area contributed by atoms with Crippen LogP contribution in [-0.2, 0) is 0 Å². The molecule has 0 aliphatic carbocycles. The molecule has 0 unspecified atom stereocenters. The Morgan fingerprint density at radius 3 is 1.07 bits per heavy atom. The van der Waals surface area contributed by atoms with Crippen molar-refractivity contribution >= 4 is 0 Å². The smallest absolute Gasteiger partial charge is 0.00843 e. The highest BCUT2D eigenvalue weighted by Gasteiger charge is 2.26. The fraction of sp³-hybridized carbons (Fsp3) is 0.909. The Kier molecular flexibility index (Phi) is 5.64. The second-order valence-corrected chi connectivity index (χ2v) is 5.21. The van der Waals surface area contributed by atoms with Crippen molar-refractivity contribution in [3.63, 3.8) is 0 Å². The van der Waals surface area contributed by atoms with Crippen molar-refractivity contribution < 1.29 is 0 Å². The average molecular weight is 200 g/mol. The van der Waals surface area contributed by atoms with Crippen molar-refractivity contribution in [2.24, 2.45) is 5.41 Å². The molecule has 0 N–H and O–H groups in total. The summed E-state index contributed by atoms with van der Waals surface area (Å²) in [7, 11) is 12.6. The largest absolute Gasteiger partial charge is 0.309 e. The maximum absolute atomic E-state index is 4.36. The van der Waals surface area contributed by atoms with Gasteiger partial charge in [0, 0.05) is 25.0 Å². The Morgan fingerprint density at radius 1 is 0.714 bits per heavy atom. The quantitative estimate of drug-likeness (QED) is 0.618. The number of rotatable bonds is 6. The van der Waals surface area contributed by atoms with Crippen molar-refractivity contribution in [3.05, 3.63) is 6.92 Å². The van der Waals surface area contributed by atoms with Crippen molar-refractivity contribution in [2.45, 2.75) is 0 Å². The van der Waals surface area contributed by atoms with E-state index in [9.17, 15) is 0 Å². The van der Waals surface area contributed by atoms with Gasteiger partial charge < -0.3 is 14.7 Å². The van der Waals surface area contributed by atoms with Crippen LogP contribution in [0.2, 0.25) is 0 Å². The zero-order chi connectivity index (χ0) is 11.4. The molecular formula is C11H26N3. The molecule has 0 saturated carbocycles. The summed E-state index contributed by atoms with van der Waals surface area (Å²) in [5, 5.41) is 0. The molecule has 3 heteroatoms. The van der Waals surface area contributed by atoms with E-state index >= 15 is 0 Å². The first kappa shape index (κ1) is 13.9. The fourth-order valence-corrected chi connectivity index (χ4v) is 2.16. The lowest BCUT2D eigenvalue weighted by atomic mass is 9.89. The molecule has 0 aromatic carbocycles. The Morgan fingerprint density at radius 2 is 0.929 bits per heavy atom. The molecule has 85 valence electrons. The highest BCUT2D eigenvalue weighted by molar-refractivity contribution is 4.88. The minimum absolute atomic E-state index is 0.0938. The maximum atomic E-state index is 4.36. The number of nitrogens with zero attached hydrogens (tertiary/aromatic N) is 3. The molecule has 0 rings (SSSR count). The van der Waals surface area contributed by atoms with Crippen molar-refractivity contribution in [1.29, 1.82) is 0 Å². The standard InChI is InChI=1S/C11H26N3/c1-11(8-12(2)3,9-13(4)5)10-14(6)7/h1,8-10H2,2-7H3. The van der Waals surface area contributed by atoms with E-state index in [2.05, 4.69) is 63.9 Å². The van der Waals surface area contributed by atoms with Crippen LogP contribution in [0.3, 0.4) is 0 Å². The molecule has 0 spiro atoms. The molecule has 14 heavy (non-hydrogen) atoms. The van der Waals surface area contributed by atoms with Crippen LogP contribution in [0.5, 0.6) is 0 Å². The van der Waals surface area contributed by atoms with Gasteiger partial charge in [-0.1, -0.05) is 0 Å². The molecule has 0 aromatic heterocycles. The van der Waals surface area contributed by atoms with E-state index in [1.807, 2.05) is 0 Å². The molecule has 1 radical (unpaired) electrons. The van der Waals surface area contributed by atoms with Crippen LogP contribution in [0.15, 0.2) is 0 Å². The summed E-state index contributed by atoms with van der Waals surface area (Å²) in [5.41, 5.74) is 0.0938. The minimum Gasteiger partial charge on any atom is -0.309 e. The van der Waals surface area contributed by atoms with Gasteiger partial charge in [-0.05, 0) is 49.2 Å². The third-order valence-corrected chi connectivity index (χ3v) is 1.95. The lowest BCUT2D eigenvalue weighted by molar-refractivity contribution is 0.147. The van der Waals surface area contributed by atoms with Crippen LogP contribution in [0.1, 0.15) is 0 Å². The van der Waals surface area contributed by atoms with Gasteiger partial charge in [0.2, 0.25) is 0 Å².